The first-order valence-corrected chi connectivity index (χ1v) is 6.00. The van der Waals surface area contributed by atoms with Crippen molar-refractivity contribution in [2.24, 2.45) is 5.73 Å². The SMILES string of the molecule is CCC(C)(N)C(=O)N1CCN(C)C(C)(C)C1. The second-order valence-corrected chi connectivity index (χ2v) is 5.73. The number of likely N-dealkylation sites (N-methyl/N-ethyl adjacent to an activating group) is 1. The van der Waals surface area contributed by atoms with Crippen molar-refractivity contribution >= 4 is 5.91 Å². The predicted molar refractivity (Wildman–Crippen MR) is 66.2 cm³/mol. The molecular weight excluding hydrogens is 202 g/mol. The molecule has 0 spiro atoms. The van der Waals surface area contributed by atoms with Gasteiger partial charge in [-0.05, 0) is 34.2 Å². The molecule has 0 saturated carbocycles. The Hall–Kier alpha value is -0.610. The molecule has 2 N–H and O–H groups in total. The van der Waals surface area contributed by atoms with E-state index in [1.165, 1.54) is 0 Å². The molecule has 1 heterocycles. The summed E-state index contributed by atoms with van der Waals surface area (Å²) in [5.41, 5.74) is 5.33. The average Bonchev–Trinajstić information content (AvgIpc) is 2.21. The molecular formula is C12H25N3O. The van der Waals surface area contributed by atoms with Gasteiger partial charge in [-0.3, -0.25) is 9.69 Å². The van der Waals surface area contributed by atoms with Crippen LogP contribution < -0.4 is 5.73 Å². The molecule has 1 amide bonds. The molecule has 1 aliphatic heterocycles. The largest absolute Gasteiger partial charge is 0.338 e. The van der Waals surface area contributed by atoms with Crippen molar-refractivity contribution in [3.05, 3.63) is 0 Å². The molecule has 4 heteroatoms. The van der Waals surface area contributed by atoms with Crippen LogP contribution in [-0.4, -0.2) is 53.5 Å². The molecule has 1 saturated heterocycles. The van der Waals surface area contributed by atoms with Gasteiger partial charge in [0.05, 0.1) is 5.54 Å². The van der Waals surface area contributed by atoms with Gasteiger partial charge in [0.1, 0.15) is 0 Å². The monoisotopic (exact) mass is 227 g/mol. The fraction of sp³-hybridized carbons (Fsp3) is 0.917. The van der Waals surface area contributed by atoms with E-state index in [1.807, 2.05) is 18.7 Å². The van der Waals surface area contributed by atoms with Crippen LogP contribution in [0.15, 0.2) is 0 Å². The van der Waals surface area contributed by atoms with Gasteiger partial charge in [-0.2, -0.15) is 0 Å². The molecule has 0 aromatic heterocycles. The van der Waals surface area contributed by atoms with Crippen LogP contribution in [0, 0.1) is 0 Å². The van der Waals surface area contributed by atoms with Crippen molar-refractivity contribution in [1.82, 2.24) is 9.80 Å². The van der Waals surface area contributed by atoms with E-state index in [2.05, 4.69) is 25.8 Å². The van der Waals surface area contributed by atoms with E-state index in [0.29, 0.717) is 6.42 Å². The highest BCUT2D eigenvalue weighted by molar-refractivity contribution is 5.85. The first-order chi connectivity index (χ1) is 7.20. The standard InChI is InChI=1S/C12H25N3O/c1-6-12(4,13)10(16)15-8-7-14(5)11(2,3)9-15/h6-9,13H2,1-5H3. The maximum absolute atomic E-state index is 12.2. The molecule has 0 aromatic carbocycles. The minimum absolute atomic E-state index is 0.0394. The summed E-state index contributed by atoms with van der Waals surface area (Å²) < 4.78 is 0. The molecule has 0 bridgehead atoms. The fourth-order valence-corrected chi connectivity index (χ4v) is 1.93. The van der Waals surface area contributed by atoms with Gasteiger partial charge in [0, 0.05) is 25.2 Å². The van der Waals surface area contributed by atoms with Crippen LogP contribution in [0.5, 0.6) is 0 Å². The van der Waals surface area contributed by atoms with Crippen LogP contribution in [-0.2, 0) is 4.79 Å². The molecule has 0 aromatic rings. The molecule has 94 valence electrons. The number of rotatable bonds is 2. The van der Waals surface area contributed by atoms with Crippen LogP contribution in [0.1, 0.15) is 34.1 Å². The first-order valence-electron chi connectivity index (χ1n) is 6.00. The topological polar surface area (TPSA) is 49.6 Å². The Morgan fingerprint density at radius 3 is 2.44 bits per heavy atom. The lowest BCUT2D eigenvalue weighted by Gasteiger charge is -2.46. The number of carbonyl (C=O) groups excluding carboxylic acids is 1. The number of nitrogens with zero attached hydrogens (tertiary/aromatic N) is 2. The Labute approximate surface area is 98.8 Å². The molecule has 1 aliphatic rings. The van der Waals surface area contributed by atoms with Gasteiger partial charge < -0.3 is 10.6 Å². The summed E-state index contributed by atoms with van der Waals surface area (Å²) >= 11 is 0. The second-order valence-electron chi connectivity index (χ2n) is 5.73. The average molecular weight is 227 g/mol. The van der Waals surface area contributed by atoms with Gasteiger partial charge in [-0.15, -0.1) is 0 Å². The number of hydrogen-bond donors (Lipinski definition) is 1. The number of hydrogen-bond acceptors (Lipinski definition) is 3. The maximum atomic E-state index is 12.2. The summed E-state index contributed by atoms with van der Waals surface area (Å²) in [5.74, 6) is 0.0798. The van der Waals surface area contributed by atoms with E-state index in [-0.39, 0.29) is 11.4 Å². The van der Waals surface area contributed by atoms with E-state index in [9.17, 15) is 4.79 Å². The van der Waals surface area contributed by atoms with Crippen LogP contribution in [0.4, 0.5) is 0 Å². The van der Waals surface area contributed by atoms with E-state index >= 15 is 0 Å². The van der Waals surface area contributed by atoms with Crippen LogP contribution in [0.25, 0.3) is 0 Å². The Morgan fingerprint density at radius 1 is 1.44 bits per heavy atom. The van der Waals surface area contributed by atoms with Gasteiger partial charge in [0.2, 0.25) is 5.91 Å². The summed E-state index contributed by atoms with van der Waals surface area (Å²) in [6, 6.07) is 0. The van der Waals surface area contributed by atoms with Crippen molar-refractivity contribution in [2.75, 3.05) is 26.7 Å². The Balaban J connectivity index is 2.74. The number of piperazine rings is 1. The van der Waals surface area contributed by atoms with Crippen molar-refractivity contribution in [3.8, 4) is 0 Å². The van der Waals surface area contributed by atoms with Gasteiger partial charge in [0.25, 0.3) is 0 Å². The van der Waals surface area contributed by atoms with Gasteiger partial charge >= 0.3 is 0 Å². The van der Waals surface area contributed by atoms with Gasteiger partial charge in [-0.25, -0.2) is 0 Å². The molecule has 0 radical (unpaired) electrons. The molecule has 1 fully saturated rings. The van der Waals surface area contributed by atoms with Crippen LogP contribution >= 0.6 is 0 Å². The molecule has 4 nitrogen and oxygen atoms in total. The minimum Gasteiger partial charge on any atom is -0.338 e. The molecule has 16 heavy (non-hydrogen) atoms. The van der Waals surface area contributed by atoms with Crippen molar-refractivity contribution in [2.45, 2.75) is 45.2 Å². The third-order valence-corrected chi connectivity index (χ3v) is 3.83. The first kappa shape index (κ1) is 13.5. The highest BCUT2D eigenvalue weighted by Crippen LogP contribution is 2.21. The molecule has 1 atom stereocenters. The number of nitrogens with two attached hydrogens (primary N) is 1. The van der Waals surface area contributed by atoms with Crippen molar-refractivity contribution in [3.63, 3.8) is 0 Å². The highest BCUT2D eigenvalue weighted by Gasteiger charge is 2.38. The number of carbonyl (C=O) groups is 1. The van der Waals surface area contributed by atoms with Crippen LogP contribution in [0.2, 0.25) is 0 Å². The summed E-state index contributed by atoms with van der Waals surface area (Å²) in [5, 5.41) is 0. The summed E-state index contributed by atoms with van der Waals surface area (Å²) in [6.45, 7) is 10.6. The van der Waals surface area contributed by atoms with E-state index < -0.39 is 5.54 Å². The van der Waals surface area contributed by atoms with Crippen LogP contribution in [0.3, 0.4) is 0 Å². The third kappa shape index (κ3) is 2.55. The Morgan fingerprint density at radius 2 is 2.00 bits per heavy atom. The lowest BCUT2D eigenvalue weighted by Crippen LogP contribution is -2.63. The minimum atomic E-state index is -0.716. The predicted octanol–water partition coefficient (Wildman–Crippen LogP) is 0.666. The quantitative estimate of drug-likeness (QED) is 0.754. The lowest BCUT2D eigenvalue weighted by atomic mass is 9.94. The zero-order valence-electron chi connectivity index (χ0n) is 11.2. The summed E-state index contributed by atoms with van der Waals surface area (Å²) in [4.78, 5) is 16.4. The smallest absolute Gasteiger partial charge is 0.242 e. The highest BCUT2D eigenvalue weighted by atomic mass is 16.2. The van der Waals surface area contributed by atoms with E-state index in [4.69, 9.17) is 5.73 Å². The zero-order chi connectivity index (χ0) is 12.6. The summed E-state index contributed by atoms with van der Waals surface area (Å²) in [6.07, 6.45) is 0.679. The zero-order valence-corrected chi connectivity index (χ0v) is 11.2. The summed E-state index contributed by atoms with van der Waals surface area (Å²) in [7, 11) is 2.10. The van der Waals surface area contributed by atoms with Crippen molar-refractivity contribution < 1.29 is 4.79 Å². The number of amides is 1. The lowest BCUT2D eigenvalue weighted by molar-refractivity contribution is -0.141. The van der Waals surface area contributed by atoms with E-state index in [1.54, 1.807) is 0 Å². The molecule has 1 rings (SSSR count). The molecule has 0 aliphatic carbocycles. The normalized spacial score (nSPS) is 25.2. The molecule has 1 unspecified atom stereocenters. The Kier molecular flexibility index (Phi) is 3.65. The maximum Gasteiger partial charge on any atom is 0.242 e. The van der Waals surface area contributed by atoms with Gasteiger partial charge in [-0.1, -0.05) is 6.92 Å². The fourth-order valence-electron chi connectivity index (χ4n) is 1.93. The Bertz CT molecular complexity index is 273. The van der Waals surface area contributed by atoms with Crippen molar-refractivity contribution in [1.29, 1.82) is 0 Å². The van der Waals surface area contributed by atoms with Gasteiger partial charge in [0.15, 0.2) is 0 Å². The van der Waals surface area contributed by atoms with E-state index in [0.717, 1.165) is 19.6 Å². The second kappa shape index (κ2) is 4.34. The third-order valence-electron chi connectivity index (χ3n) is 3.83.